The molecule has 234 valence electrons. The summed E-state index contributed by atoms with van der Waals surface area (Å²) in [5, 5.41) is 15.6. The van der Waals surface area contributed by atoms with Crippen molar-refractivity contribution in [2.24, 2.45) is 5.92 Å². The molecule has 2 aliphatic heterocycles. The molecule has 0 aliphatic carbocycles. The molecular weight excluding hydrogens is 564 g/mol. The number of fused-ring (bicyclic) bond motifs is 2. The summed E-state index contributed by atoms with van der Waals surface area (Å²) in [6, 6.07) is 17.5. The van der Waals surface area contributed by atoms with E-state index in [9.17, 15) is 14.7 Å². The van der Waals surface area contributed by atoms with Crippen LogP contribution in [0.15, 0.2) is 60.7 Å². The Kier molecular flexibility index (Phi) is 9.76. The van der Waals surface area contributed by atoms with E-state index >= 15 is 0 Å². The van der Waals surface area contributed by atoms with Crippen molar-refractivity contribution in [2.75, 3.05) is 51.3 Å². The molecular formula is C33H40N4O7. The van der Waals surface area contributed by atoms with Crippen LogP contribution in [0.2, 0.25) is 0 Å². The number of carbonyl (C=O) groups excluding carboxylic acids is 2. The second-order valence-electron chi connectivity index (χ2n) is 11.4. The SMILES string of the molecule is COc1ccc(NC(=O)Nc2ccc3c(c2)CC(=O)N([C@@H](C)CO)C[C@H](C)[C@@H](CN(C)Cc2ccc4c(c2)OCO4)O3)cc1. The molecule has 11 nitrogen and oxygen atoms in total. The minimum Gasteiger partial charge on any atom is -0.497 e. The Morgan fingerprint density at radius 1 is 1.05 bits per heavy atom. The van der Waals surface area contributed by atoms with Crippen LogP contribution in [0, 0.1) is 5.92 Å². The van der Waals surface area contributed by atoms with Crippen LogP contribution >= 0.6 is 0 Å². The summed E-state index contributed by atoms with van der Waals surface area (Å²) in [6.07, 6.45) is -0.189. The van der Waals surface area contributed by atoms with E-state index in [4.69, 9.17) is 18.9 Å². The number of anilines is 2. The van der Waals surface area contributed by atoms with Crippen molar-refractivity contribution in [1.29, 1.82) is 0 Å². The average molecular weight is 605 g/mol. The van der Waals surface area contributed by atoms with E-state index in [0.29, 0.717) is 48.1 Å². The summed E-state index contributed by atoms with van der Waals surface area (Å²) >= 11 is 0. The fourth-order valence-corrected chi connectivity index (χ4v) is 5.42. The van der Waals surface area contributed by atoms with E-state index in [0.717, 1.165) is 17.1 Å². The predicted molar refractivity (Wildman–Crippen MR) is 167 cm³/mol. The maximum atomic E-state index is 13.5. The van der Waals surface area contributed by atoms with Gasteiger partial charge in [-0.25, -0.2) is 4.79 Å². The molecule has 0 spiro atoms. The van der Waals surface area contributed by atoms with E-state index in [1.54, 1.807) is 54.5 Å². The van der Waals surface area contributed by atoms with Crippen LogP contribution in [0.25, 0.3) is 0 Å². The number of nitrogens with one attached hydrogen (secondary N) is 2. The number of rotatable bonds is 9. The number of urea groups is 1. The highest BCUT2D eigenvalue weighted by molar-refractivity contribution is 6.00. The lowest BCUT2D eigenvalue weighted by molar-refractivity contribution is -0.134. The van der Waals surface area contributed by atoms with Crippen molar-refractivity contribution in [3.05, 3.63) is 71.8 Å². The second-order valence-corrected chi connectivity index (χ2v) is 11.4. The summed E-state index contributed by atoms with van der Waals surface area (Å²) < 4.78 is 22.8. The Hall–Kier alpha value is -4.48. The smallest absolute Gasteiger partial charge is 0.323 e. The lowest BCUT2D eigenvalue weighted by Crippen LogP contribution is -2.47. The van der Waals surface area contributed by atoms with Crippen molar-refractivity contribution in [3.63, 3.8) is 0 Å². The average Bonchev–Trinajstić information content (AvgIpc) is 3.49. The molecule has 3 aromatic rings. The number of likely N-dealkylation sites (N-methyl/N-ethyl adjacent to an activating group) is 1. The molecule has 3 amide bonds. The van der Waals surface area contributed by atoms with Crippen LogP contribution in [0.5, 0.6) is 23.0 Å². The Morgan fingerprint density at radius 2 is 1.75 bits per heavy atom. The summed E-state index contributed by atoms with van der Waals surface area (Å²) in [7, 11) is 3.61. The predicted octanol–water partition coefficient (Wildman–Crippen LogP) is 4.35. The molecule has 11 heteroatoms. The van der Waals surface area contributed by atoms with Crippen molar-refractivity contribution in [3.8, 4) is 23.0 Å². The van der Waals surface area contributed by atoms with Crippen molar-refractivity contribution < 1.29 is 33.6 Å². The summed E-state index contributed by atoms with van der Waals surface area (Å²) in [6.45, 7) is 5.68. The van der Waals surface area contributed by atoms with Gasteiger partial charge in [-0.3, -0.25) is 9.69 Å². The minimum atomic E-state index is -0.419. The van der Waals surface area contributed by atoms with Crippen LogP contribution in [-0.4, -0.2) is 79.6 Å². The molecule has 0 unspecified atom stereocenters. The van der Waals surface area contributed by atoms with Gasteiger partial charge >= 0.3 is 6.03 Å². The van der Waals surface area contributed by atoms with Crippen LogP contribution in [0.4, 0.5) is 16.2 Å². The fraction of sp³-hybridized carbons (Fsp3) is 0.394. The number of carbonyl (C=O) groups is 2. The quantitative estimate of drug-likeness (QED) is 0.330. The highest BCUT2D eigenvalue weighted by Crippen LogP contribution is 2.33. The molecule has 3 aromatic carbocycles. The van der Waals surface area contributed by atoms with Gasteiger partial charge in [0.15, 0.2) is 11.5 Å². The fourth-order valence-electron chi connectivity index (χ4n) is 5.42. The van der Waals surface area contributed by atoms with Crippen molar-refractivity contribution in [1.82, 2.24) is 9.80 Å². The Labute approximate surface area is 257 Å². The van der Waals surface area contributed by atoms with Crippen LogP contribution < -0.4 is 29.6 Å². The maximum Gasteiger partial charge on any atom is 0.323 e. The first-order chi connectivity index (χ1) is 21.2. The molecule has 2 heterocycles. The van der Waals surface area contributed by atoms with Crippen LogP contribution in [0.3, 0.4) is 0 Å². The van der Waals surface area contributed by atoms with Gasteiger partial charge in [0, 0.05) is 42.5 Å². The molecule has 0 saturated heterocycles. The molecule has 0 fully saturated rings. The minimum absolute atomic E-state index is 0.0359. The highest BCUT2D eigenvalue weighted by atomic mass is 16.7. The van der Waals surface area contributed by atoms with E-state index in [1.165, 1.54) is 0 Å². The number of aliphatic hydroxyl groups excluding tert-OH is 1. The van der Waals surface area contributed by atoms with E-state index in [-0.39, 0.29) is 43.8 Å². The number of ether oxygens (including phenoxy) is 4. The third-order valence-electron chi connectivity index (χ3n) is 7.90. The number of aliphatic hydroxyl groups is 1. The zero-order valence-corrected chi connectivity index (χ0v) is 25.5. The molecule has 5 rings (SSSR count). The van der Waals surface area contributed by atoms with Crippen LogP contribution in [0.1, 0.15) is 25.0 Å². The van der Waals surface area contributed by atoms with Gasteiger partial charge in [0.05, 0.1) is 26.2 Å². The molecule has 0 bridgehead atoms. The van der Waals surface area contributed by atoms with Gasteiger partial charge in [0.1, 0.15) is 17.6 Å². The zero-order chi connectivity index (χ0) is 31.2. The van der Waals surface area contributed by atoms with Gasteiger partial charge in [-0.05, 0) is 74.1 Å². The third-order valence-corrected chi connectivity index (χ3v) is 7.90. The maximum absolute atomic E-state index is 13.5. The topological polar surface area (TPSA) is 122 Å². The monoisotopic (exact) mass is 604 g/mol. The number of amides is 3. The van der Waals surface area contributed by atoms with Gasteiger partial charge in [-0.2, -0.15) is 0 Å². The first-order valence-corrected chi connectivity index (χ1v) is 14.7. The normalized spacial score (nSPS) is 18.4. The second kappa shape index (κ2) is 13.9. The Morgan fingerprint density at radius 3 is 2.50 bits per heavy atom. The largest absolute Gasteiger partial charge is 0.497 e. The summed E-state index contributed by atoms with van der Waals surface area (Å²) in [5.74, 6) is 2.62. The molecule has 2 aliphatic rings. The number of benzene rings is 3. The van der Waals surface area contributed by atoms with Gasteiger partial charge < -0.3 is 39.6 Å². The first-order valence-electron chi connectivity index (χ1n) is 14.7. The highest BCUT2D eigenvalue weighted by Gasteiger charge is 2.31. The number of nitrogens with zero attached hydrogens (tertiary/aromatic N) is 2. The summed E-state index contributed by atoms with van der Waals surface area (Å²) in [4.78, 5) is 30.2. The first kappa shape index (κ1) is 31.0. The Bertz CT molecular complexity index is 1460. The van der Waals surface area contributed by atoms with Crippen LogP contribution in [-0.2, 0) is 17.8 Å². The van der Waals surface area contributed by atoms with E-state index < -0.39 is 6.03 Å². The van der Waals surface area contributed by atoms with E-state index in [2.05, 4.69) is 22.5 Å². The summed E-state index contributed by atoms with van der Waals surface area (Å²) in [5.41, 5.74) is 2.88. The molecule has 0 radical (unpaired) electrons. The Balaban J connectivity index is 1.33. The van der Waals surface area contributed by atoms with Gasteiger partial charge in [-0.15, -0.1) is 0 Å². The third kappa shape index (κ3) is 7.53. The van der Waals surface area contributed by atoms with Gasteiger partial charge in [0.2, 0.25) is 12.7 Å². The lowest BCUT2D eigenvalue weighted by Gasteiger charge is -2.34. The van der Waals surface area contributed by atoms with Gasteiger partial charge in [0.25, 0.3) is 0 Å². The number of hydrogen-bond acceptors (Lipinski definition) is 8. The van der Waals surface area contributed by atoms with Gasteiger partial charge in [-0.1, -0.05) is 13.0 Å². The van der Waals surface area contributed by atoms with Crippen molar-refractivity contribution in [2.45, 2.75) is 39.0 Å². The zero-order valence-electron chi connectivity index (χ0n) is 25.5. The van der Waals surface area contributed by atoms with Crippen molar-refractivity contribution >= 4 is 23.3 Å². The van der Waals surface area contributed by atoms with E-state index in [1.807, 2.05) is 32.2 Å². The molecule has 0 aromatic heterocycles. The molecule has 3 N–H and O–H groups in total. The number of methoxy groups -OCH3 is 1. The molecule has 0 saturated carbocycles. The molecule has 3 atom stereocenters. The number of hydrogen-bond donors (Lipinski definition) is 3. The molecule has 44 heavy (non-hydrogen) atoms. The lowest BCUT2D eigenvalue weighted by atomic mass is 10.0. The standard InChI is InChI=1S/C33H40N4O7/c1-21-16-37(22(2)19-38)32(39)15-24-14-26(35-33(40)34-25-6-9-27(41-4)10-7-25)8-12-28(24)44-31(21)18-36(3)17-23-5-11-29-30(13-23)43-20-42-29/h5-14,21-22,31,38H,15-20H2,1-4H3,(H2,34,35,40)/t21-,22-,31+/m0/s1.